The average molecular weight is 242 g/mol. The van der Waals surface area contributed by atoms with Gasteiger partial charge in [0.1, 0.15) is 11.6 Å². The van der Waals surface area contributed by atoms with Crippen molar-refractivity contribution in [2.75, 3.05) is 11.9 Å². The molecule has 2 aromatic rings. The van der Waals surface area contributed by atoms with Gasteiger partial charge in [0, 0.05) is 37.0 Å². The Morgan fingerprint density at radius 3 is 2.78 bits per heavy atom. The highest BCUT2D eigenvalue weighted by Crippen LogP contribution is 2.18. The van der Waals surface area contributed by atoms with Gasteiger partial charge in [0.05, 0.1) is 5.69 Å². The molecule has 1 N–H and O–H groups in total. The van der Waals surface area contributed by atoms with E-state index in [1.54, 1.807) is 6.20 Å². The fourth-order valence-electron chi connectivity index (χ4n) is 1.66. The van der Waals surface area contributed by atoms with Crippen LogP contribution < -0.4 is 5.32 Å². The second-order valence-corrected chi connectivity index (χ2v) is 4.08. The summed E-state index contributed by atoms with van der Waals surface area (Å²) in [5.74, 6) is 1.75. The molecule has 4 heteroatoms. The van der Waals surface area contributed by atoms with Gasteiger partial charge in [0.2, 0.25) is 0 Å². The summed E-state index contributed by atoms with van der Waals surface area (Å²) in [6, 6.07) is 5.91. The zero-order valence-corrected chi connectivity index (χ0v) is 10.8. The van der Waals surface area contributed by atoms with E-state index in [0.717, 1.165) is 42.3 Å². The van der Waals surface area contributed by atoms with E-state index in [4.69, 9.17) is 0 Å². The maximum atomic E-state index is 4.54. The number of rotatable bonds is 5. The lowest BCUT2D eigenvalue weighted by atomic mass is 10.2. The van der Waals surface area contributed by atoms with Crippen molar-refractivity contribution in [1.82, 2.24) is 15.0 Å². The first kappa shape index (κ1) is 12.5. The normalized spacial score (nSPS) is 10.3. The number of nitrogens with one attached hydrogen (secondary N) is 1. The van der Waals surface area contributed by atoms with Gasteiger partial charge in [0.15, 0.2) is 0 Å². The molecule has 2 aromatic heterocycles. The maximum absolute atomic E-state index is 4.54. The van der Waals surface area contributed by atoms with Crippen molar-refractivity contribution in [1.29, 1.82) is 0 Å². The summed E-state index contributed by atoms with van der Waals surface area (Å²) in [5.41, 5.74) is 1.95. The maximum Gasteiger partial charge on any atom is 0.131 e. The predicted molar refractivity (Wildman–Crippen MR) is 73.4 cm³/mol. The molecular formula is C14H18N4. The number of aryl methyl sites for hydroxylation is 1. The van der Waals surface area contributed by atoms with Crippen LogP contribution in [0.1, 0.15) is 26.1 Å². The van der Waals surface area contributed by atoms with E-state index < -0.39 is 0 Å². The summed E-state index contributed by atoms with van der Waals surface area (Å²) in [5, 5.41) is 3.31. The van der Waals surface area contributed by atoms with E-state index in [1.165, 1.54) is 0 Å². The van der Waals surface area contributed by atoms with Gasteiger partial charge in [-0.1, -0.05) is 13.8 Å². The molecule has 0 saturated heterocycles. The standard InChI is InChI=1S/C14H18N4/c1-3-7-16-14-9-12(17-13(4-2)18-14)11-6-5-8-15-10-11/h5-6,8-10H,3-4,7H2,1-2H3,(H,16,17,18). The van der Waals surface area contributed by atoms with E-state index in [9.17, 15) is 0 Å². The Balaban J connectivity index is 2.35. The van der Waals surface area contributed by atoms with Crippen LogP contribution in [-0.2, 0) is 6.42 Å². The molecule has 0 amide bonds. The van der Waals surface area contributed by atoms with Crippen LogP contribution in [0.5, 0.6) is 0 Å². The summed E-state index contributed by atoms with van der Waals surface area (Å²) in [6.07, 6.45) is 5.50. The van der Waals surface area contributed by atoms with Crippen LogP contribution in [0.4, 0.5) is 5.82 Å². The third-order valence-electron chi connectivity index (χ3n) is 2.60. The van der Waals surface area contributed by atoms with Gasteiger partial charge in [0.25, 0.3) is 0 Å². The van der Waals surface area contributed by atoms with Gasteiger partial charge < -0.3 is 5.32 Å². The van der Waals surface area contributed by atoms with Crippen molar-refractivity contribution in [3.05, 3.63) is 36.4 Å². The molecule has 0 aromatic carbocycles. The van der Waals surface area contributed by atoms with Crippen molar-refractivity contribution in [2.24, 2.45) is 0 Å². The quantitative estimate of drug-likeness (QED) is 0.875. The van der Waals surface area contributed by atoms with Crippen molar-refractivity contribution < 1.29 is 0 Å². The molecule has 0 bridgehead atoms. The van der Waals surface area contributed by atoms with Crippen molar-refractivity contribution in [3.8, 4) is 11.3 Å². The molecular weight excluding hydrogens is 224 g/mol. The monoisotopic (exact) mass is 242 g/mol. The molecule has 18 heavy (non-hydrogen) atoms. The highest BCUT2D eigenvalue weighted by atomic mass is 15.0. The lowest BCUT2D eigenvalue weighted by molar-refractivity contribution is 0.919. The van der Waals surface area contributed by atoms with Crippen LogP contribution >= 0.6 is 0 Å². The number of aromatic nitrogens is 3. The summed E-state index contributed by atoms with van der Waals surface area (Å²) >= 11 is 0. The molecule has 0 unspecified atom stereocenters. The van der Waals surface area contributed by atoms with Crippen LogP contribution in [0.25, 0.3) is 11.3 Å². The first-order valence-electron chi connectivity index (χ1n) is 6.35. The minimum atomic E-state index is 0.828. The van der Waals surface area contributed by atoms with Crippen molar-refractivity contribution >= 4 is 5.82 Å². The fourth-order valence-corrected chi connectivity index (χ4v) is 1.66. The summed E-state index contributed by atoms with van der Waals surface area (Å²) in [4.78, 5) is 13.1. The third kappa shape index (κ3) is 3.03. The molecule has 0 aliphatic heterocycles. The third-order valence-corrected chi connectivity index (χ3v) is 2.60. The van der Waals surface area contributed by atoms with Crippen LogP contribution in [0.3, 0.4) is 0 Å². The molecule has 2 rings (SSSR count). The SMILES string of the molecule is CCCNc1cc(-c2cccnc2)nc(CC)n1. The zero-order chi connectivity index (χ0) is 12.8. The highest BCUT2D eigenvalue weighted by Gasteiger charge is 2.05. The molecule has 0 aliphatic carbocycles. The number of nitrogens with zero attached hydrogens (tertiary/aromatic N) is 3. The molecule has 2 heterocycles. The number of hydrogen-bond donors (Lipinski definition) is 1. The minimum absolute atomic E-state index is 0.828. The second kappa shape index (κ2) is 6.10. The van der Waals surface area contributed by atoms with Crippen molar-refractivity contribution in [2.45, 2.75) is 26.7 Å². The van der Waals surface area contributed by atoms with E-state index in [0.29, 0.717) is 0 Å². The first-order valence-corrected chi connectivity index (χ1v) is 6.35. The molecule has 0 saturated carbocycles. The molecule has 0 atom stereocenters. The Morgan fingerprint density at radius 1 is 1.22 bits per heavy atom. The van der Waals surface area contributed by atoms with Crippen LogP contribution in [0.15, 0.2) is 30.6 Å². The highest BCUT2D eigenvalue weighted by molar-refractivity contribution is 5.61. The first-order chi connectivity index (χ1) is 8.83. The molecule has 0 fully saturated rings. The van der Waals surface area contributed by atoms with Gasteiger partial charge in [-0.05, 0) is 18.6 Å². The van der Waals surface area contributed by atoms with E-state index in [-0.39, 0.29) is 0 Å². The largest absolute Gasteiger partial charge is 0.370 e. The Hall–Kier alpha value is -1.97. The summed E-state index contributed by atoms with van der Waals surface area (Å²) < 4.78 is 0. The van der Waals surface area contributed by atoms with E-state index >= 15 is 0 Å². The van der Waals surface area contributed by atoms with E-state index in [1.807, 2.05) is 24.4 Å². The van der Waals surface area contributed by atoms with Gasteiger partial charge in [-0.15, -0.1) is 0 Å². The van der Waals surface area contributed by atoms with Crippen molar-refractivity contribution in [3.63, 3.8) is 0 Å². The number of pyridine rings is 1. The lowest BCUT2D eigenvalue weighted by Gasteiger charge is -2.08. The second-order valence-electron chi connectivity index (χ2n) is 4.08. The Labute approximate surface area is 108 Å². The smallest absolute Gasteiger partial charge is 0.131 e. The molecule has 0 spiro atoms. The summed E-state index contributed by atoms with van der Waals surface area (Å²) in [6.45, 7) is 5.12. The zero-order valence-electron chi connectivity index (χ0n) is 10.8. The van der Waals surface area contributed by atoms with Crippen LogP contribution in [0, 0.1) is 0 Å². The molecule has 0 aliphatic rings. The number of anilines is 1. The fraction of sp³-hybridized carbons (Fsp3) is 0.357. The van der Waals surface area contributed by atoms with Gasteiger partial charge >= 0.3 is 0 Å². The van der Waals surface area contributed by atoms with Crippen LogP contribution in [0.2, 0.25) is 0 Å². The molecule has 4 nitrogen and oxygen atoms in total. The summed E-state index contributed by atoms with van der Waals surface area (Å²) in [7, 11) is 0. The molecule has 0 radical (unpaired) electrons. The van der Waals surface area contributed by atoms with Gasteiger partial charge in [-0.3, -0.25) is 4.98 Å². The van der Waals surface area contributed by atoms with Gasteiger partial charge in [-0.25, -0.2) is 9.97 Å². The lowest BCUT2D eigenvalue weighted by Crippen LogP contribution is -2.05. The van der Waals surface area contributed by atoms with E-state index in [2.05, 4.69) is 34.1 Å². The Kier molecular flexibility index (Phi) is 4.23. The molecule has 94 valence electrons. The van der Waals surface area contributed by atoms with Crippen LogP contribution in [-0.4, -0.2) is 21.5 Å². The van der Waals surface area contributed by atoms with Gasteiger partial charge in [-0.2, -0.15) is 0 Å². The average Bonchev–Trinajstić information content (AvgIpc) is 2.45. The Morgan fingerprint density at radius 2 is 2.11 bits per heavy atom. The minimum Gasteiger partial charge on any atom is -0.370 e. The Bertz CT molecular complexity index is 496. The topological polar surface area (TPSA) is 50.7 Å². The predicted octanol–water partition coefficient (Wildman–Crippen LogP) is 2.92. The number of hydrogen-bond acceptors (Lipinski definition) is 4.